The van der Waals surface area contributed by atoms with E-state index in [2.05, 4.69) is 21.2 Å². The Bertz CT molecular complexity index is 387. The summed E-state index contributed by atoms with van der Waals surface area (Å²) in [7, 11) is 0. The Kier molecular flexibility index (Phi) is 4.02. The first kappa shape index (κ1) is 12.4. The minimum absolute atomic E-state index is 0.0578. The Morgan fingerprint density at radius 2 is 2.06 bits per heavy atom. The molecule has 0 saturated heterocycles. The topological polar surface area (TPSA) is 58.6 Å². The van der Waals surface area contributed by atoms with Crippen LogP contribution in [0.5, 0.6) is 0 Å². The quantitative estimate of drug-likeness (QED) is 0.899. The van der Waals surface area contributed by atoms with E-state index >= 15 is 0 Å². The predicted octanol–water partition coefficient (Wildman–Crippen LogP) is 2.76. The zero-order chi connectivity index (χ0) is 12.3. The zero-order valence-electron chi connectivity index (χ0n) is 9.23. The molecule has 92 valence electrons. The number of halogens is 1. The van der Waals surface area contributed by atoms with Crippen LogP contribution in [0.15, 0.2) is 28.7 Å². The minimum Gasteiger partial charge on any atom is -0.465 e. The molecule has 4 nitrogen and oxygen atoms in total. The second-order valence-electron chi connectivity index (χ2n) is 4.18. The highest BCUT2D eigenvalue weighted by Gasteiger charge is 2.30. The number of amides is 1. The molecule has 0 heterocycles. The van der Waals surface area contributed by atoms with Gasteiger partial charge < -0.3 is 15.2 Å². The van der Waals surface area contributed by atoms with Crippen LogP contribution in [0.2, 0.25) is 0 Å². The fraction of sp³-hybridized carbons (Fsp3) is 0.417. The third-order valence-electron chi connectivity index (χ3n) is 2.82. The van der Waals surface area contributed by atoms with Gasteiger partial charge in [-0.3, -0.25) is 0 Å². The van der Waals surface area contributed by atoms with Gasteiger partial charge in [-0.05, 0) is 30.5 Å². The van der Waals surface area contributed by atoms with Gasteiger partial charge in [-0.2, -0.15) is 0 Å². The normalized spacial score (nSPS) is 22.9. The van der Waals surface area contributed by atoms with Crippen molar-refractivity contribution in [3.8, 4) is 0 Å². The van der Waals surface area contributed by atoms with E-state index in [0.717, 1.165) is 22.9 Å². The predicted molar refractivity (Wildman–Crippen MR) is 66.9 cm³/mol. The molecule has 1 saturated carbocycles. The fourth-order valence-electron chi connectivity index (χ4n) is 1.79. The summed E-state index contributed by atoms with van der Waals surface area (Å²) in [5, 5.41) is 11.0. The lowest BCUT2D eigenvalue weighted by atomic mass is 9.89. The minimum atomic E-state index is -0.957. The first-order valence-electron chi connectivity index (χ1n) is 5.49. The number of rotatable bonds is 4. The van der Waals surface area contributed by atoms with Gasteiger partial charge in [0.25, 0.3) is 0 Å². The maximum Gasteiger partial charge on any atom is 0.404 e. The summed E-state index contributed by atoms with van der Waals surface area (Å²) in [5.41, 5.74) is 1.13. The largest absolute Gasteiger partial charge is 0.465 e. The zero-order valence-corrected chi connectivity index (χ0v) is 10.8. The Morgan fingerprint density at radius 3 is 2.65 bits per heavy atom. The van der Waals surface area contributed by atoms with E-state index in [9.17, 15) is 4.79 Å². The summed E-state index contributed by atoms with van der Waals surface area (Å²) in [6, 6.07) is 8.04. The molecule has 2 rings (SSSR count). The second kappa shape index (κ2) is 5.51. The molecule has 0 spiro atoms. The van der Waals surface area contributed by atoms with Crippen LogP contribution >= 0.6 is 15.9 Å². The second-order valence-corrected chi connectivity index (χ2v) is 5.09. The van der Waals surface area contributed by atoms with Crippen LogP contribution in [0.25, 0.3) is 0 Å². The Morgan fingerprint density at radius 1 is 1.41 bits per heavy atom. The molecule has 1 aliphatic rings. The van der Waals surface area contributed by atoms with Crippen molar-refractivity contribution in [2.45, 2.75) is 31.6 Å². The average Bonchev–Trinajstić information content (AvgIpc) is 2.23. The van der Waals surface area contributed by atoms with Crippen molar-refractivity contribution >= 4 is 22.0 Å². The van der Waals surface area contributed by atoms with Gasteiger partial charge in [-0.25, -0.2) is 4.79 Å². The number of benzene rings is 1. The van der Waals surface area contributed by atoms with Gasteiger partial charge in [0, 0.05) is 10.5 Å². The third kappa shape index (κ3) is 3.71. The Hall–Kier alpha value is -1.07. The number of hydrogen-bond acceptors (Lipinski definition) is 2. The molecular weight excluding hydrogens is 286 g/mol. The van der Waals surface area contributed by atoms with Gasteiger partial charge >= 0.3 is 6.09 Å². The van der Waals surface area contributed by atoms with E-state index < -0.39 is 6.09 Å². The van der Waals surface area contributed by atoms with E-state index in [-0.39, 0.29) is 12.1 Å². The van der Waals surface area contributed by atoms with Crippen LogP contribution in [0.4, 0.5) is 4.79 Å². The lowest BCUT2D eigenvalue weighted by Crippen LogP contribution is -2.47. The number of ether oxygens (including phenoxy) is 1. The van der Waals surface area contributed by atoms with E-state index in [1.165, 1.54) is 0 Å². The molecule has 1 aromatic carbocycles. The van der Waals surface area contributed by atoms with Crippen LogP contribution in [0, 0.1) is 0 Å². The number of hydrogen-bond donors (Lipinski definition) is 2. The smallest absolute Gasteiger partial charge is 0.404 e. The lowest BCUT2D eigenvalue weighted by Gasteiger charge is -2.34. The van der Waals surface area contributed by atoms with Gasteiger partial charge in [0.1, 0.15) is 0 Å². The molecule has 0 aliphatic heterocycles. The summed E-state index contributed by atoms with van der Waals surface area (Å²) in [4.78, 5) is 10.4. The first-order chi connectivity index (χ1) is 8.13. The molecule has 2 N–H and O–H groups in total. The molecule has 0 radical (unpaired) electrons. The monoisotopic (exact) mass is 299 g/mol. The van der Waals surface area contributed by atoms with Crippen molar-refractivity contribution in [2.75, 3.05) is 0 Å². The van der Waals surface area contributed by atoms with E-state index in [0.29, 0.717) is 6.61 Å². The number of carbonyl (C=O) groups is 1. The highest BCUT2D eigenvalue weighted by molar-refractivity contribution is 9.10. The summed E-state index contributed by atoms with van der Waals surface area (Å²) in [6.07, 6.45) is 0.753. The average molecular weight is 300 g/mol. The maximum absolute atomic E-state index is 10.4. The Labute approximate surface area is 108 Å². The van der Waals surface area contributed by atoms with Crippen molar-refractivity contribution < 1.29 is 14.6 Å². The molecule has 0 bridgehead atoms. The summed E-state index contributed by atoms with van der Waals surface area (Å²) < 4.78 is 6.72. The van der Waals surface area contributed by atoms with Gasteiger partial charge in [-0.1, -0.05) is 28.1 Å². The number of carboxylic acid groups (broad SMARTS) is 1. The van der Waals surface area contributed by atoms with Crippen molar-refractivity contribution in [2.24, 2.45) is 0 Å². The summed E-state index contributed by atoms with van der Waals surface area (Å²) >= 11 is 3.38. The van der Waals surface area contributed by atoms with Gasteiger partial charge in [0.2, 0.25) is 0 Å². The lowest BCUT2D eigenvalue weighted by molar-refractivity contribution is -0.0252. The summed E-state index contributed by atoms with van der Waals surface area (Å²) in [6.45, 7) is 0.581. The van der Waals surface area contributed by atoms with E-state index in [1.807, 2.05) is 24.3 Å². The van der Waals surface area contributed by atoms with E-state index in [1.54, 1.807) is 0 Å². The fourth-order valence-corrected chi connectivity index (χ4v) is 2.05. The summed E-state index contributed by atoms with van der Waals surface area (Å²) in [5.74, 6) is 0. The van der Waals surface area contributed by atoms with Crippen LogP contribution in [-0.2, 0) is 11.3 Å². The van der Waals surface area contributed by atoms with Gasteiger partial charge in [0.05, 0.1) is 12.7 Å². The molecule has 0 unspecified atom stereocenters. The SMILES string of the molecule is O=C(O)NC1CC(OCc2ccc(Br)cc2)C1. The van der Waals surface area contributed by atoms with Crippen LogP contribution in [-0.4, -0.2) is 23.3 Å². The van der Waals surface area contributed by atoms with Crippen molar-refractivity contribution in [1.82, 2.24) is 5.32 Å². The van der Waals surface area contributed by atoms with Crippen molar-refractivity contribution in [3.05, 3.63) is 34.3 Å². The van der Waals surface area contributed by atoms with Crippen LogP contribution in [0.3, 0.4) is 0 Å². The molecule has 0 atom stereocenters. The van der Waals surface area contributed by atoms with Crippen LogP contribution in [0.1, 0.15) is 18.4 Å². The van der Waals surface area contributed by atoms with Gasteiger partial charge in [0.15, 0.2) is 0 Å². The molecule has 1 aromatic rings. The van der Waals surface area contributed by atoms with Crippen molar-refractivity contribution in [3.63, 3.8) is 0 Å². The molecule has 1 aliphatic carbocycles. The Balaban J connectivity index is 1.67. The number of nitrogens with one attached hydrogen (secondary N) is 1. The molecule has 1 fully saturated rings. The molecule has 5 heteroatoms. The van der Waals surface area contributed by atoms with Crippen molar-refractivity contribution in [1.29, 1.82) is 0 Å². The highest BCUT2D eigenvalue weighted by atomic mass is 79.9. The molecular formula is C12H14BrNO3. The third-order valence-corrected chi connectivity index (χ3v) is 3.35. The molecule has 0 aromatic heterocycles. The first-order valence-corrected chi connectivity index (χ1v) is 6.28. The molecule has 1 amide bonds. The van der Waals surface area contributed by atoms with Crippen LogP contribution < -0.4 is 5.32 Å². The standard InChI is InChI=1S/C12H14BrNO3/c13-9-3-1-8(2-4-9)7-17-11-5-10(6-11)14-12(15)16/h1-4,10-11,14H,5-7H2,(H,15,16). The molecule has 17 heavy (non-hydrogen) atoms. The van der Waals surface area contributed by atoms with Gasteiger partial charge in [-0.15, -0.1) is 0 Å². The van der Waals surface area contributed by atoms with E-state index in [4.69, 9.17) is 9.84 Å². The maximum atomic E-state index is 10.4. The highest BCUT2D eigenvalue weighted by Crippen LogP contribution is 2.24.